The molecule has 2 unspecified atom stereocenters. The molecule has 16 heteroatoms. The fraction of sp³-hybridized carbons (Fsp3) is 0.333. The average Bonchev–Trinajstić information content (AvgIpc) is 3.24. The second-order valence-corrected chi connectivity index (χ2v) is 16.4. The van der Waals surface area contributed by atoms with Crippen molar-refractivity contribution in [3.63, 3.8) is 0 Å². The Labute approximate surface area is 364 Å². The zero-order valence-electron chi connectivity index (χ0n) is 34.8. The fourth-order valence-corrected chi connectivity index (χ4v) is 8.01. The molecule has 2 aliphatic rings. The Hall–Kier alpha value is -5.80. The van der Waals surface area contributed by atoms with E-state index in [1.165, 1.54) is 0 Å². The number of carbonyl (C=O) groups is 2. The van der Waals surface area contributed by atoms with Crippen LogP contribution in [-0.4, -0.2) is 108 Å². The normalized spacial score (nSPS) is 15.7. The minimum atomic E-state index is -1.59. The van der Waals surface area contributed by atoms with E-state index >= 15 is 0 Å². The van der Waals surface area contributed by atoms with Gasteiger partial charge in [-0.25, -0.2) is 19.9 Å². The lowest BCUT2D eigenvalue weighted by atomic mass is 10.1. The molecule has 0 aliphatic carbocycles. The Morgan fingerprint density at radius 3 is 1.49 bits per heavy atom. The number of nitrogens with one attached hydrogen (secondary N) is 3. The largest absolute Gasteiger partial charge is 0.474 e. The Morgan fingerprint density at radius 1 is 0.607 bits per heavy atom. The number of nitrogens with zero attached hydrogens (tertiary/aromatic N) is 7. The summed E-state index contributed by atoms with van der Waals surface area (Å²) in [6.07, 6.45) is -3.17. The molecule has 3 N–H and O–H groups in total. The van der Waals surface area contributed by atoms with Crippen molar-refractivity contribution >= 4 is 80.1 Å². The van der Waals surface area contributed by atoms with Crippen LogP contribution in [-0.2, 0) is 9.59 Å². The smallest absolute Gasteiger partial charge is 0.269 e. The molecule has 0 radical (unpaired) electrons. The van der Waals surface area contributed by atoms with E-state index in [0.29, 0.717) is 23.3 Å². The summed E-state index contributed by atoms with van der Waals surface area (Å²) < 4.78 is 12.8. The lowest BCUT2D eigenvalue weighted by molar-refractivity contribution is -0.136. The number of hydrogen-bond acceptors (Lipinski definition) is 12. The van der Waals surface area contributed by atoms with Crippen molar-refractivity contribution in [2.45, 2.75) is 39.9 Å². The van der Waals surface area contributed by atoms with Gasteiger partial charge in [-0.1, -0.05) is 35.3 Å². The molecule has 14 nitrogen and oxygen atoms in total. The first kappa shape index (κ1) is 41.9. The number of amides is 2. The number of fused-ring (bicyclic) bond motifs is 2. The van der Waals surface area contributed by atoms with Crippen LogP contribution in [0.5, 0.6) is 11.5 Å². The zero-order valence-corrected chi connectivity index (χ0v) is 36.3. The van der Waals surface area contributed by atoms with Crippen molar-refractivity contribution < 1.29 is 19.1 Å². The van der Waals surface area contributed by atoms with Gasteiger partial charge in [-0.15, -0.1) is 0 Å². The molecular formula is C45H48Cl2N10O4. The maximum Gasteiger partial charge on any atom is 0.269 e. The van der Waals surface area contributed by atoms with Gasteiger partial charge < -0.3 is 40.1 Å². The van der Waals surface area contributed by atoms with Crippen molar-refractivity contribution in [1.29, 1.82) is 0 Å². The number of piperazine rings is 2. The first-order valence-electron chi connectivity index (χ1n) is 20.3. The topological polar surface area (TPSA) is 150 Å². The van der Waals surface area contributed by atoms with Gasteiger partial charge in [-0.3, -0.25) is 9.59 Å². The van der Waals surface area contributed by atoms with E-state index in [1.54, 1.807) is 54.6 Å². The molecule has 2 saturated heterocycles. The van der Waals surface area contributed by atoms with Gasteiger partial charge in [-0.2, -0.15) is 0 Å². The van der Waals surface area contributed by atoms with Gasteiger partial charge in [0.15, 0.2) is 0 Å². The predicted octanol–water partition coefficient (Wildman–Crippen LogP) is 6.75. The standard InChI is InChI=1S/C45H48Cl2N10O4/c1-26-6-12-38(34(46)22-26)60-40(42(58)51-30-8-10-36-32(24-30)28(3)49-44(53-36)56-16-14-48-15-17-56)41(61-39-13-7-27(2)23-35(39)47)43(59)52-31-9-11-37-33(25-31)29(4)50-45(54-37)57-20-18-55(5)19-21-57/h6-13,22-25,40-41,48H,14-21H2,1-5H3,(H,51,58)(H,52,59). The van der Waals surface area contributed by atoms with E-state index in [-0.39, 0.29) is 21.5 Å². The van der Waals surface area contributed by atoms with Gasteiger partial charge in [0, 0.05) is 74.5 Å². The molecule has 61 heavy (non-hydrogen) atoms. The molecule has 6 aromatic rings. The molecule has 0 saturated carbocycles. The first-order valence-corrected chi connectivity index (χ1v) is 21.1. The number of ether oxygens (including phenoxy) is 2. The van der Waals surface area contributed by atoms with Crippen molar-refractivity contribution in [3.05, 3.63) is 105 Å². The maximum atomic E-state index is 14.7. The molecule has 4 aromatic carbocycles. The summed E-state index contributed by atoms with van der Waals surface area (Å²) in [6, 6.07) is 21.2. The zero-order chi connectivity index (χ0) is 42.8. The highest BCUT2D eigenvalue weighted by Gasteiger charge is 2.39. The molecule has 2 aromatic heterocycles. The van der Waals surface area contributed by atoms with Gasteiger partial charge in [0.25, 0.3) is 11.8 Å². The van der Waals surface area contributed by atoms with E-state index in [9.17, 15) is 9.59 Å². The number of rotatable bonds is 11. The van der Waals surface area contributed by atoms with E-state index in [2.05, 4.69) is 37.7 Å². The van der Waals surface area contributed by atoms with Crippen LogP contribution in [0, 0.1) is 27.7 Å². The molecule has 2 fully saturated rings. The number of halogens is 2. The summed E-state index contributed by atoms with van der Waals surface area (Å²) in [4.78, 5) is 55.3. The molecule has 2 atom stereocenters. The van der Waals surface area contributed by atoms with Crippen LogP contribution in [0.15, 0.2) is 72.8 Å². The van der Waals surface area contributed by atoms with Gasteiger partial charge in [0.1, 0.15) is 11.5 Å². The van der Waals surface area contributed by atoms with Crippen molar-refractivity contribution in [2.24, 2.45) is 0 Å². The number of hydrogen-bond donors (Lipinski definition) is 3. The van der Waals surface area contributed by atoms with E-state index in [1.807, 2.05) is 45.9 Å². The van der Waals surface area contributed by atoms with Crippen molar-refractivity contribution in [1.82, 2.24) is 30.2 Å². The third kappa shape index (κ3) is 9.57. The molecule has 4 heterocycles. The van der Waals surface area contributed by atoms with Crippen LogP contribution >= 0.6 is 23.2 Å². The van der Waals surface area contributed by atoms with Gasteiger partial charge in [-0.05, 0) is 107 Å². The Bertz CT molecular complexity index is 2620. The minimum Gasteiger partial charge on any atom is -0.474 e. The predicted molar refractivity (Wildman–Crippen MR) is 242 cm³/mol. The average molecular weight is 864 g/mol. The van der Waals surface area contributed by atoms with Crippen molar-refractivity contribution in [3.8, 4) is 11.5 Å². The monoisotopic (exact) mass is 862 g/mol. The summed E-state index contributed by atoms with van der Waals surface area (Å²) in [5, 5.41) is 11.3. The van der Waals surface area contributed by atoms with Crippen LogP contribution in [0.4, 0.5) is 23.3 Å². The lowest BCUT2D eigenvalue weighted by Crippen LogP contribution is -2.51. The highest BCUT2D eigenvalue weighted by atomic mass is 35.5. The Balaban J connectivity index is 1.13. The van der Waals surface area contributed by atoms with Crippen molar-refractivity contribution in [2.75, 3.05) is 79.8 Å². The maximum absolute atomic E-state index is 14.7. The summed E-state index contributed by atoms with van der Waals surface area (Å²) >= 11 is 13.4. The summed E-state index contributed by atoms with van der Waals surface area (Å²) in [6.45, 7) is 14.5. The Morgan fingerprint density at radius 2 is 1.05 bits per heavy atom. The molecule has 0 spiro atoms. The second-order valence-electron chi connectivity index (χ2n) is 15.6. The first-order chi connectivity index (χ1) is 29.4. The van der Waals surface area contributed by atoms with E-state index in [4.69, 9.17) is 52.6 Å². The lowest BCUT2D eigenvalue weighted by Gasteiger charge is -2.32. The summed E-state index contributed by atoms with van der Waals surface area (Å²) in [5.41, 5.74) is 5.65. The number of aromatic nitrogens is 4. The molecule has 0 bridgehead atoms. The van der Waals surface area contributed by atoms with Gasteiger partial charge >= 0.3 is 0 Å². The molecule has 2 aliphatic heterocycles. The van der Waals surface area contributed by atoms with E-state index in [0.717, 1.165) is 96.7 Å². The SMILES string of the molecule is Cc1ccc(OC(C(=O)Nc2ccc3nc(N4CCNCC4)nc(C)c3c2)C(Oc2ccc(C)cc2Cl)C(=O)Nc2ccc3nc(N4CCN(C)CC4)nc(C)c3c2)c(Cl)c1. The summed E-state index contributed by atoms with van der Waals surface area (Å²) in [7, 11) is 2.10. The number of benzene rings is 4. The fourth-order valence-electron chi connectivity index (χ4n) is 7.45. The number of carbonyl (C=O) groups excluding carboxylic acids is 2. The number of likely N-dealkylation sites (N-methyl/N-ethyl adjacent to an activating group) is 1. The van der Waals surface area contributed by atoms with Gasteiger partial charge in [0.05, 0.1) is 32.5 Å². The van der Waals surface area contributed by atoms with Crippen LogP contribution in [0.1, 0.15) is 22.5 Å². The van der Waals surface area contributed by atoms with Crippen LogP contribution in [0.3, 0.4) is 0 Å². The quantitative estimate of drug-likeness (QED) is 0.127. The van der Waals surface area contributed by atoms with Crippen LogP contribution < -0.4 is 35.2 Å². The number of aryl methyl sites for hydroxylation is 4. The molecular weight excluding hydrogens is 815 g/mol. The summed E-state index contributed by atoms with van der Waals surface area (Å²) in [5.74, 6) is 0.360. The highest BCUT2D eigenvalue weighted by molar-refractivity contribution is 6.32. The third-order valence-corrected chi connectivity index (χ3v) is 11.5. The Kier molecular flexibility index (Phi) is 12.4. The van der Waals surface area contributed by atoms with Crippen LogP contribution in [0.2, 0.25) is 10.0 Å². The number of anilines is 4. The molecule has 2 amide bonds. The van der Waals surface area contributed by atoms with Crippen LogP contribution in [0.25, 0.3) is 21.8 Å². The van der Waals surface area contributed by atoms with E-state index < -0.39 is 24.0 Å². The minimum absolute atomic E-state index is 0.182. The highest BCUT2D eigenvalue weighted by Crippen LogP contribution is 2.32. The second kappa shape index (κ2) is 18.0. The molecule has 8 rings (SSSR count). The molecule has 316 valence electrons. The van der Waals surface area contributed by atoms with Gasteiger partial charge in [0.2, 0.25) is 24.1 Å². The third-order valence-electron chi connectivity index (χ3n) is 10.9.